The fourth-order valence-electron chi connectivity index (χ4n) is 1.79. The first kappa shape index (κ1) is 16.7. The molecule has 0 bridgehead atoms. The fraction of sp³-hybridized carbons (Fsp3) is 0.333. The molecule has 0 fully saturated rings. The van der Waals surface area contributed by atoms with Crippen LogP contribution in [0.5, 0.6) is 0 Å². The molecule has 0 aliphatic heterocycles. The van der Waals surface area contributed by atoms with Crippen molar-refractivity contribution in [1.82, 2.24) is 4.90 Å². The second-order valence-electron chi connectivity index (χ2n) is 4.46. The van der Waals surface area contributed by atoms with Crippen LogP contribution in [-0.4, -0.2) is 46.9 Å². The third kappa shape index (κ3) is 4.61. The number of nitrogens with zero attached hydrogens (tertiary/aromatic N) is 1. The minimum Gasteiger partial charge on any atom is -0.480 e. The number of allylic oxidation sites excluding steroid dienone is 1. The molecule has 1 aromatic carbocycles. The molecule has 0 aromatic heterocycles. The van der Waals surface area contributed by atoms with Gasteiger partial charge in [-0.25, -0.2) is 9.59 Å². The average Bonchev–Trinajstić information content (AvgIpc) is 2.46. The summed E-state index contributed by atoms with van der Waals surface area (Å²) >= 11 is 0. The molecule has 1 amide bonds. The van der Waals surface area contributed by atoms with E-state index < -0.39 is 24.7 Å². The summed E-state index contributed by atoms with van der Waals surface area (Å²) in [6, 6.07) is 6.12. The lowest BCUT2D eigenvalue weighted by Crippen LogP contribution is -2.44. The quantitative estimate of drug-likeness (QED) is 0.743. The number of hydrogen-bond acceptors (Lipinski definition) is 4. The molecule has 6 nitrogen and oxygen atoms in total. The summed E-state index contributed by atoms with van der Waals surface area (Å²) in [4.78, 5) is 23.5. The van der Waals surface area contributed by atoms with Gasteiger partial charge in [0.05, 0.1) is 6.61 Å². The molecule has 0 saturated carbocycles. The van der Waals surface area contributed by atoms with Crippen molar-refractivity contribution in [2.45, 2.75) is 19.1 Å². The Morgan fingerprint density at radius 3 is 2.52 bits per heavy atom. The minimum absolute atomic E-state index is 0.0327. The Hall–Kier alpha value is -2.34. The number of amides is 1. The molecule has 21 heavy (non-hydrogen) atoms. The standard InChI is InChI=1S/C15H19NO5/c1-3-6-11-7-4-5-8-12(11)10-21-15(20)16(2)13(9-17)14(18)19/h3-5,7-8,13,17H,1,6,9-10H2,2H3,(H,18,19)/t13-/m0/s1. The van der Waals surface area contributed by atoms with E-state index in [9.17, 15) is 9.59 Å². The summed E-state index contributed by atoms with van der Waals surface area (Å²) in [5.41, 5.74) is 1.81. The van der Waals surface area contributed by atoms with E-state index in [1.165, 1.54) is 7.05 Å². The number of aliphatic hydroxyl groups excluding tert-OH is 1. The van der Waals surface area contributed by atoms with E-state index in [1.807, 2.05) is 24.3 Å². The molecular formula is C15H19NO5. The minimum atomic E-state index is -1.32. The third-order valence-corrected chi connectivity index (χ3v) is 3.05. The second kappa shape index (κ2) is 8.06. The van der Waals surface area contributed by atoms with Gasteiger partial charge >= 0.3 is 12.1 Å². The van der Waals surface area contributed by atoms with Crippen LogP contribution < -0.4 is 0 Å². The van der Waals surface area contributed by atoms with Gasteiger partial charge in [0.15, 0.2) is 6.04 Å². The fourth-order valence-corrected chi connectivity index (χ4v) is 1.79. The molecule has 0 unspecified atom stereocenters. The predicted octanol–water partition coefficient (Wildman–Crippen LogP) is 1.43. The molecule has 1 rings (SSSR count). The summed E-state index contributed by atoms with van der Waals surface area (Å²) < 4.78 is 5.09. The number of hydrogen-bond donors (Lipinski definition) is 2. The Morgan fingerprint density at radius 2 is 2.00 bits per heavy atom. The van der Waals surface area contributed by atoms with Crippen molar-refractivity contribution in [3.8, 4) is 0 Å². The van der Waals surface area contributed by atoms with Crippen LogP contribution in [0.15, 0.2) is 36.9 Å². The lowest BCUT2D eigenvalue weighted by atomic mass is 10.1. The van der Waals surface area contributed by atoms with Crippen LogP contribution in [-0.2, 0) is 22.6 Å². The highest BCUT2D eigenvalue weighted by atomic mass is 16.6. The highest BCUT2D eigenvalue weighted by molar-refractivity contribution is 5.79. The maximum atomic E-state index is 11.8. The molecule has 1 atom stereocenters. The van der Waals surface area contributed by atoms with Crippen LogP contribution in [0.1, 0.15) is 11.1 Å². The van der Waals surface area contributed by atoms with Crippen molar-refractivity contribution in [1.29, 1.82) is 0 Å². The lowest BCUT2D eigenvalue weighted by molar-refractivity contribution is -0.143. The van der Waals surface area contributed by atoms with Crippen molar-refractivity contribution in [3.05, 3.63) is 48.0 Å². The zero-order chi connectivity index (χ0) is 15.8. The Morgan fingerprint density at radius 1 is 1.38 bits per heavy atom. The Kier molecular flexibility index (Phi) is 6.42. The average molecular weight is 293 g/mol. The number of carboxylic acids is 1. The number of ether oxygens (including phenoxy) is 1. The van der Waals surface area contributed by atoms with E-state index in [0.717, 1.165) is 16.0 Å². The molecule has 0 radical (unpaired) electrons. The number of aliphatic carboxylic acids is 1. The summed E-state index contributed by atoms with van der Waals surface area (Å²) in [7, 11) is 1.27. The number of benzene rings is 1. The van der Waals surface area contributed by atoms with Gasteiger partial charge in [-0.2, -0.15) is 0 Å². The normalized spacial score (nSPS) is 11.5. The Labute approximate surface area is 123 Å². The van der Waals surface area contributed by atoms with Crippen LogP contribution in [0.2, 0.25) is 0 Å². The van der Waals surface area contributed by atoms with Crippen molar-refractivity contribution in [2.75, 3.05) is 13.7 Å². The van der Waals surface area contributed by atoms with E-state index in [1.54, 1.807) is 6.08 Å². The van der Waals surface area contributed by atoms with Gasteiger partial charge in [0.2, 0.25) is 0 Å². The Balaban J connectivity index is 2.68. The molecule has 1 aromatic rings. The topological polar surface area (TPSA) is 87.1 Å². The van der Waals surface area contributed by atoms with E-state index in [4.69, 9.17) is 14.9 Å². The number of carbonyl (C=O) groups excluding carboxylic acids is 1. The summed E-state index contributed by atoms with van der Waals surface area (Å²) in [5.74, 6) is -1.29. The first-order valence-electron chi connectivity index (χ1n) is 6.42. The van der Waals surface area contributed by atoms with E-state index in [-0.39, 0.29) is 6.61 Å². The van der Waals surface area contributed by atoms with E-state index in [2.05, 4.69) is 6.58 Å². The van der Waals surface area contributed by atoms with Gasteiger partial charge in [-0.15, -0.1) is 6.58 Å². The maximum Gasteiger partial charge on any atom is 0.410 e. The molecule has 2 N–H and O–H groups in total. The van der Waals surface area contributed by atoms with Crippen molar-refractivity contribution >= 4 is 12.1 Å². The summed E-state index contributed by atoms with van der Waals surface area (Å²) in [6.45, 7) is 3.03. The zero-order valence-electron chi connectivity index (χ0n) is 11.9. The molecule has 0 aliphatic carbocycles. The summed E-state index contributed by atoms with van der Waals surface area (Å²) in [6.07, 6.45) is 1.60. The van der Waals surface area contributed by atoms with Crippen molar-refractivity contribution in [2.24, 2.45) is 0 Å². The smallest absolute Gasteiger partial charge is 0.410 e. The van der Waals surface area contributed by atoms with E-state index in [0.29, 0.717) is 6.42 Å². The van der Waals surface area contributed by atoms with Gasteiger partial charge < -0.3 is 14.9 Å². The lowest BCUT2D eigenvalue weighted by Gasteiger charge is -2.22. The number of aliphatic hydroxyl groups is 1. The monoisotopic (exact) mass is 293 g/mol. The first-order valence-corrected chi connectivity index (χ1v) is 6.42. The number of likely N-dealkylation sites (N-methyl/N-ethyl adjacent to an activating group) is 1. The van der Waals surface area contributed by atoms with Gasteiger partial charge in [-0.3, -0.25) is 4.90 Å². The molecule has 0 heterocycles. The van der Waals surface area contributed by atoms with Gasteiger partial charge in [0.1, 0.15) is 6.61 Å². The molecule has 0 aliphatic rings. The van der Waals surface area contributed by atoms with Crippen molar-refractivity contribution < 1.29 is 24.5 Å². The number of carbonyl (C=O) groups is 2. The van der Waals surface area contributed by atoms with Crippen LogP contribution in [0.25, 0.3) is 0 Å². The van der Waals surface area contributed by atoms with Crippen molar-refractivity contribution in [3.63, 3.8) is 0 Å². The van der Waals surface area contributed by atoms with Gasteiger partial charge in [-0.05, 0) is 17.5 Å². The predicted molar refractivity (Wildman–Crippen MR) is 76.8 cm³/mol. The van der Waals surface area contributed by atoms with Gasteiger partial charge in [-0.1, -0.05) is 30.3 Å². The maximum absolute atomic E-state index is 11.8. The van der Waals surface area contributed by atoms with Crippen LogP contribution in [0.4, 0.5) is 4.79 Å². The van der Waals surface area contributed by atoms with Crippen LogP contribution >= 0.6 is 0 Å². The van der Waals surface area contributed by atoms with Crippen LogP contribution in [0.3, 0.4) is 0 Å². The third-order valence-electron chi connectivity index (χ3n) is 3.05. The zero-order valence-corrected chi connectivity index (χ0v) is 11.9. The number of rotatable bonds is 7. The van der Waals surface area contributed by atoms with Gasteiger partial charge in [0, 0.05) is 7.05 Å². The second-order valence-corrected chi connectivity index (χ2v) is 4.46. The highest BCUT2D eigenvalue weighted by Gasteiger charge is 2.26. The molecule has 0 spiro atoms. The SMILES string of the molecule is C=CCc1ccccc1COC(=O)N(C)[C@@H](CO)C(=O)O. The molecule has 6 heteroatoms. The van der Waals surface area contributed by atoms with Gasteiger partial charge in [0.25, 0.3) is 0 Å². The number of carboxylic acid groups (broad SMARTS) is 1. The van der Waals surface area contributed by atoms with Crippen LogP contribution in [0, 0.1) is 0 Å². The Bertz CT molecular complexity index is 515. The first-order chi connectivity index (χ1) is 10.0. The highest BCUT2D eigenvalue weighted by Crippen LogP contribution is 2.12. The molecule has 114 valence electrons. The molecular weight excluding hydrogens is 274 g/mol. The molecule has 0 saturated heterocycles. The summed E-state index contributed by atoms with van der Waals surface area (Å²) in [5, 5.41) is 17.8. The largest absolute Gasteiger partial charge is 0.480 e. The van der Waals surface area contributed by atoms with E-state index >= 15 is 0 Å².